The van der Waals surface area contributed by atoms with Gasteiger partial charge in [-0.3, -0.25) is 0 Å². The first kappa shape index (κ1) is 12.3. The average Bonchev–Trinajstić information content (AvgIpc) is 2.77. The van der Waals surface area contributed by atoms with Gasteiger partial charge in [0.05, 0.1) is 21.3 Å². The first-order chi connectivity index (χ1) is 9.06. The Morgan fingerprint density at radius 1 is 1.11 bits per heavy atom. The quantitative estimate of drug-likeness (QED) is 0.672. The van der Waals surface area contributed by atoms with Crippen molar-refractivity contribution in [3.8, 4) is 11.5 Å². The van der Waals surface area contributed by atoms with Crippen molar-refractivity contribution >= 4 is 40.0 Å². The van der Waals surface area contributed by atoms with Gasteiger partial charge in [0, 0.05) is 6.07 Å². The number of aromatic nitrogens is 1. The number of benzene rings is 2. The van der Waals surface area contributed by atoms with Crippen LogP contribution in [0.5, 0.6) is 0 Å². The largest absolute Gasteiger partial charge is 0.436 e. The van der Waals surface area contributed by atoms with Crippen LogP contribution in [0, 0.1) is 5.82 Å². The molecule has 0 spiro atoms. The lowest BCUT2D eigenvalue weighted by atomic mass is 10.2. The number of rotatable bonds is 1. The third-order valence-electron chi connectivity index (χ3n) is 2.70. The topological polar surface area (TPSA) is 52.0 Å². The van der Waals surface area contributed by atoms with Crippen molar-refractivity contribution in [1.29, 1.82) is 0 Å². The minimum Gasteiger partial charge on any atom is -0.436 e. The number of fused-ring (bicyclic) bond motifs is 1. The van der Waals surface area contributed by atoms with E-state index in [0.29, 0.717) is 26.7 Å². The van der Waals surface area contributed by atoms with Gasteiger partial charge in [0.1, 0.15) is 11.3 Å². The fourth-order valence-electron chi connectivity index (χ4n) is 1.79. The highest BCUT2D eigenvalue weighted by Crippen LogP contribution is 2.38. The zero-order chi connectivity index (χ0) is 13.6. The molecule has 3 nitrogen and oxygen atoms in total. The van der Waals surface area contributed by atoms with Gasteiger partial charge in [-0.2, -0.15) is 0 Å². The van der Waals surface area contributed by atoms with E-state index in [0.717, 1.165) is 0 Å². The third-order valence-corrected chi connectivity index (χ3v) is 3.35. The number of anilines is 1. The Hall–Kier alpha value is -1.78. The van der Waals surface area contributed by atoms with E-state index in [-0.39, 0.29) is 11.6 Å². The first-order valence-corrected chi connectivity index (χ1v) is 6.12. The molecular weight excluding hydrogens is 290 g/mol. The SMILES string of the molecule is Nc1c(Cl)ccc(Cl)c1-c1nc2cc(F)ccc2o1. The highest BCUT2D eigenvalue weighted by Gasteiger charge is 2.17. The summed E-state index contributed by atoms with van der Waals surface area (Å²) in [6, 6.07) is 7.25. The maximum Gasteiger partial charge on any atom is 0.230 e. The molecule has 0 aliphatic carbocycles. The predicted molar refractivity (Wildman–Crippen MR) is 73.8 cm³/mol. The van der Waals surface area contributed by atoms with Crippen LogP contribution >= 0.6 is 23.2 Å². The van der Waals surface area contributed by atoms with Gasteiger partial charge >= 0.3 is 0 Å². The Bertz CT molecular complexity index is 786. The second-order valence-electron chi connectivity index (χ2n) is 3.95. The molecule has 19 heavy (non-hydrogen) atoms. The number of nitrogens with zero attached hydrogens (tertiary/aromatic N) is 1. The number of nitrogen functional groups attached to an aromatic ring is 1. The van der Waals surface area contributed by atoms with E-state index in [1.54, 1.807) is 12.1 Å². The molecule has 0 aliphatic heterocycles. The predicted octanol–water partition coefficient (Wildman–Crippen LogP) is 4.52. The minimum absolute atomic E-state index is 0.214. The van der Waals surface area contributed by atoms with E-state index in [1.165, 1.54) is 18.2 Å². The third kappa shape index (κ3) is 2.03. The van der Waals surface area contributed by atoms with Gasteiger partial charge in [0.25, 0.3) is 0 Å². The fourth-order valence-corrected chi connectivity index (χ4v) is 2.20. The van der Waals surface area contributed by atoms with Crippen molar-refractivity contribution in [3.63, 3.8) is 0 Å². The number of hydrogen-bond donors (Lipinski definition) is 1. The molecule has 96 valence electrons. The van der Waals surface area contributed by atoms with Crippen LogP contribution in [-0.4, -0.2) is 4.98 Å². The van der Waals surface area contributed by atoms with E-state index < -0.39 is 5.82 Å². The van der Waals surface area contributed by atoms with Crippen molar-refractivity contribution in [2.75, 3.05) is 5.73 Å². The molecule has 0 amide bonds. The van der Waals surface area contributed by atoms with Crippen LogP contribution in [0.4, 0.5) is 10.1 Å². The van der Waals surface area contributed by atoms with Gasteiger partial charge in [-0.15, -0.1) is 0 Å². The van der Waals surface area contributed by atoms with E-state index in [1.807, 2.05) is 0 Å². The van der Waals surface area contributed by atoms with Gasteiger partial charge in [0.2, 0.25) is 5.89 Å². The van der Waals surface area contributed by atoms with Crippen LogP contribution < -0.4 is 5.73 Å². The zero-order valence-electron chi connectivity index (χ0n) is 9.45. The molecule has 0 radical (unpaired) electrons. The molecule has 1 aromatic heterocycles. The summed E-state index contributed by atoms with van der Waals surface area (Å²) in [6.45, 7) is 0. The lowest BCUT2D eigenvalue weighted by Gasteiger charge is -2.05. The second kappa shape index (κ2) is 4.40. The normalized spacial score (nSPS) is 11.1. The molecule has 0 bridgehead atoms. The summed E-state index contributed by atoms with van der Waals surface area (Å²) in [7, 11) is 0. The second-order valence-corrected chi connectivity index (χ2v) is 4.76. The number of nitrogens with two attached hydrogens (primary N) is 1. The molecule has 2 N–H and O–H groups in total. The van der Waals surface area contributed by atoms with Gasteiger partial charge in [-0.1, -0.05) is 23.2 Å². The monoisotopic (exact) mass is 296 g/mol. The lowest BCUT2D eigenvalue weighted by molar-refractivity contribution is 0.614. The fraction of sp³-hybridized carbons (Fsp3) is 0. The summed E-state index contributed by atoms with van der Waals surface area (Å²) in [4.78, 5) is 4.18. The molecule has 0 saturated carbocycles. The van der Waals surface area contributed by atoms with Crippen LogP contribution in [0.2, 0.25) is 10.0 Å². The summed E-state index contributed by atoms with van der Waals surface area (Å²) in [6.07, 6.45) is 0. The van der Waals surface area contributed by atoms with Gasteiger partial charge in [-0.25, -0.2) is 9.37 Å². The molecule has 0 unspecified atom stereocenters. The van der Waals surface area contributed by atoms with Crippen LogP contribution in [-0.2, 0) is 0 Å². The average molecular weight is 297 g/mol. The van der Waals surface area contributed by atoms with Crippen molar-refractivity contribution in [2.24, 2.45) is 0 Å². The molecule has 6 heteroatoms. The Kier molecular flexibility index (Phi) is 2.84. The van der Waals surface area contributed by atoms with Gasteiger partial charge in [-0.05, 0) is 24.3 Å². The van der Waals surface area contributed by atoms with E-state index >= 15 is 0 Å². The van der Waals surface area contributed by atoms with E-state index in [2.05, 4.69) is 4.98 Å². The summed E-state index contributed by atoms with van der Waals surface area (Å²) in [5.74, 6) is -0.178. The van der Waals surface area contributed by atoms with E-state index in [4.69, 9.17) is 33.4 Å². The number of hydrogen-bond acceptors (Lipinski definition) is 3. The summed E-state index contributed by atoms with van der Waals surface area (Å²) < 4.78 is 18.6. The van der Waals surface area contributed by atoms with E-state index in [9.17, 15) is 4.39 Å². The highest BCUT2D eigenvalue weighted by atomic mass is 35.5. The standard InChI is InChI=1S/C13H7Cl2FN2O/c14-7-2-3-8(15)12(17)11(7)13-18-9-5-6(16)1-4-10(9)19-13/h1-5H,17H2. The highest BCUT2D eigenvalue weighted by molar-refractivity contribution is 6.37. The molecule has 2 aromatic carbocycles. The minimum atomic E-state index is -0.391. The van der Waals surface area contributed by atoms with Gasteiger partial charge < -0.3 is 10.2 Å². The van der Waals surface area contributed by atoms with Crippen molar-refractivity contribution < 1.29 is 8.81 Å². The Morgan fingerprint density at radius 2 is 1.84 bits per heavy atom. The van der Waals surface area contributed by atoms with Gasteiger partial charge in [0.15, 0.2) is 5.58 Å². The molecule has 0 fully saturated rings. The molecule has 3 aromatic rings. The summed E-state index contributed by atoms with van der Waals surface area (Å²) >= 11 is 12.0. The van der Waals surface area contributed by atoms with Crippen LogP contribution in [0.1, 0.15) is 0 Å². The van der Waals surface area contributed by atoms with Crippen molar-refractivity contribution in [3.05, 3.63) is 46.2 Å². The molecule has 0 saturated heterocycles. The Morgan fingerprint density at radius 3 is 2.63 bits per heavy atom. The number of oxazole rings is 1. The number of halogens is 3. The smallest absolute Gasteiger partial charge is 0.230 e. The van der Waals surface area contributed by atoms with Crippen LogP contribution in [0.3, 0.4) is 0 Å². The maximum atomic E-state index is 13.1. The summed E-state index contributed by atoms with van der Waals surface area (Å²) in [5, 5.41) is 0.724. The lowest BCUT2D eigenvalue weighted by Crippen LogP contribution is -1.92. The molecular formula is C13H7Cl2FN2O. The van der Waals surface area contributed by atoms with Crippen molar-refractivity contribution in [1.82, 2.24) is 4.98 Å². The van der Waals surface area contributed by atoms with Crippen LogP contribution in [0.25, 0.3) is 22.6 Å². The maximum absolute atomic E-state index is 13.1. The zero-order valence-corrected chi connectivity index (χ0v) is 11.0. The first-order valence-electron chi connectivity index (χ1n) is 5.36. The Labute approximate surface area is 117 Å². The summed E-state index contributed by atoms with van der Waals surface area (Å²) in [5.41, 5.74) is 7.41. The molecule has 0 aliphatic rings. The molecule has 0 atom stereocenters. The van der Waals surface area contributed by atoms with Crippen LogP contribution in [0.15, 0.2) is 34.7 Å². The molecule has 1 heterocycles. The molecule has 3 rings (SSSR count). The van der Waals surface area contributed by atoms with Crippen molar-refractivity contribution in [2.45, 2.75) is 0 Å². The Balaban J connectivity index is 2.27.